The third-order valence-corrected chi connectivity index (χ3v) is 5.17. The summed E-state index contributed by atoms with van der Waals surface area (Å²) in [4.78, 5) is 0. The van der Waals surface area contributed by atoms with Crippen molar-refractivity contribution in [3.8, 4) is 0 Å². The van der Waals surface area contributed by atoms with Gasteiger partial charge in [-0.2, -0.15) is 0 Å². The molecule has 1 aliphatic rings. The Morgan fingerprint density at radius 2 is 2.00 bits per heavy atom. The highest BCUT2D eigenvalue weighted by atomic mass is 79.9. The first-order valence-corrected chi connectivity index (χ1v) is 8.51. The van der Waals surface area contributed by atoms with Crippen molar-refractivity contribution in [2.24, 2.45) is 11.8 Å². The standard InChI is InChI=1S/C17H24BrFO/c1-2-3-12-4-7-14(8-5-12)17(20)11-13-6-9-16(19)15(18)10-13/h6,9-10,12,14,17,20H,2-5,7-8,11H2,1H3. The highest BCUT2D eigenvalue weighted by molar-refractivity contribution is 9.10. The predicted octanol–water partition coefficient (Wildman–Crippen LogP) is 5.10. The first-order chi connectivity index (χ1) is 9.60. The van der Waals surface area contributed by atoms with Crippen molar-refractivity contribution in [2.45, 2.75) is 58.0 Å². The Hall–Kier alpha value is -0.410. The van der Waals surface area contributed by atoms with Crippen molar-refractivity contribution < 1.29 is 9.50 Å². The summed E-state index contributed by atoms with van der Waals surface area (Å²) in [6, 6.07) is 5.01. The van der Waals surface area contributed by atoms with E-state index in [-0.39, 0.29) is 11.9 Å². The second-order valence-corrected chi connectivity index (χ2v) is 6.94. The SMILES string of the molecule is CCCC1CCC(C(O)Cc2ccc(F)c(Br)c2)CC1. The summed E-state index contributed by atoms with van der Waals surface area (Å²) in [7, 11) is 0. The molecule has 1 fully saturated rings. The molecule has 0 amide bonds. The minimum absolute atomic E-state index is 0.247. The van der Waals surface area contributed by atoms with Crippen LogP contribution in [0.15, 0.2) is 22.7 Å². The maximum Gasteiger partial charge on any atom is 0.137 e. The second kappa shape index (κ2) is 7.56. The number of rotatable bonds is 5. The Bertz CT molecular complexity index is 427. The van der Waals surface area contributed by atoms with Crippen LogP contribution in [0.5, 0.6) is 0 Å². The molecule has 0 spiro atoms. The van der Waals surface area contributed by atoms with Gasteiger partial charge in [-0.15, -0.1) is 0 Å². The third-order valence-electron chi connectivity index (χ3n) is 4.56. The van der Waals surface area contributed by atoms with Crippen molar-refractivity contribution in [3.05, 3.63) is 34.1 Å². The summed E-state index contributed by atoms with van der Waals surface area (Å²) in [5.74, 6) is 1.03. The van der Waals surface area contributed by atoms with E-state index in [2.05, 4.69) is 22.9 Å². The molecule has 1 unspecified atom stereocenters. The van der Waals surface area contributed by atoms with Crippen LogP contribution in [-0.2, 0) is 6.42 Å². The van der Waals surface area contributed by atoms with Gasteiger partial charge in [-0.05, 0) is 64.7 Å². The number of aliphatic hydroxyl groups excluding tert-OH is 1. The van der Waals surface area contributed by atoms with Crippen molar-refractivity contribution >= 4 is 15.9 Å². The molecule has 1 saturated carbocycles. The minimum Gasteiger partial charge on any atom is -0.392 e. The molecular formula is C17H24BrFO. The first-order valence-electron chi connectivity index (χ1n) is 7.72. The van der Waals surface area contributed by atoms with Gasteiger partial charge in [0, 0.05) is 0 Å². The van der Waals surface area contributed by atoms with Crippen LogP contribution in [0, 0.1) is 17.7 Å². The van der Waals surface area contributed by atoms with Gasteiger partial charge >= 0.3 is 0 Å². The van der Waals surface area contributed by atoms with Crippen molar-refractivity contribution in [2.75, 3.05) is 0 Å². The number of halogens is 2. The average molecular weight is 343 g/mol. The van der Waals surface area contributed by atoms with E-state index in [0.29, 0.717) is 16.8 Å². The molecule has 3 heteroatoms. The Balaban J connectivity index is 1.86. The van der Waals surface area contributed by atoms with Gasteiger partial charge in [0.1, 0.15) is 5.82 Å². The van der Waals surface area contributed by atoms with Gasteiger partial charge in [-0.1, -0.05) is 38.7 Å². The third kappa shape index (κ3) is 4.29. The van der Waals surface area contributed by atoms with E-state index in [4.69, 9.17) is 0 Å². The van der Waals surface area contributed by atoms with E-state index in [9.17, 15) is 9.50 Å². The highest BCUT2D eigenvalue weighted by Gasteiger charge is 2.26. The Morgan fingerprint density at radius 1 is 1.30 bits per heavy atom. The molecular weight excluding hydrogens is 319 g/mol. The number of hydrogen-bond donors (Lipinski definition) is 1. The zero-order valence-electron chi connectivity index (χ0n) is 12.1. The second-order valence-electron chi connectivity index (χ2n) is 6.09. The van der Waals surface area contributed by atoms with E-state index >= 15 is 0 Å². The van der Waals surface area contributed by atoms with Crippen LogP contribution < -0.4 is 0 Å². The Morgan fingerprint density at radius 3 is 2.60 bits per heavy atom. The van der Waals surface area contributed by atoms with Gasteiger partial charge in [0.15, 0.2) is 0 Å². The Labute approximate surface area is 129 Å². The van der Waals surface area contributed by atoms with Gasteiger partial charge in [0.2, 0.25) is 0 Å². The van der Waals surface area contributed by atoms with Gasteiger partial charge in [0.25, 0.3) is 0 Å². The fraction of sp³-hybridized carbons (Fsp3) is 0.647. The van der Waals surface area contributed by atoms with Gasteiger partial charge < -0.3 is 5.11 Å². The average Bonchev–Trinajstić information content (AvgIpc) is 2.44. The van der Waals surface area contributed by atoms with Crippen LogP contribution in [-0.4, -0.2) is 11.2 Å². The van der Waals surface area contributed by atoms with Crippen LogP contribution in [0.4, 0.5) is 4.39 Å². The lowest BCUT2D eigenvalue weighted by Crippen LogP contribution is -2.27. The maximum absolute atomic E-state index is 13.2. The van der Waals surface area contributed by atoms with Crippen LogP contribution in [0.3, 0.4) is 0 Å². The molecule has 1 nitrogen and oxygen atoms in total. The minimum atomic E-state index is -0.296. The maximum atomic E-state index is 13.2. The molecule has 0 bridgehead atoms. The molecule has 0 aliphatic heterocycles. The molecule has 0 aromatic heterocycles. The zero-order chi connectivity index (χ0) is 14.5. The molecule has 0 heterocycles. The molecule has 1 aromatic rings. The molecule has 0 saturated heterocycles. The molecule has 1 N–H and O–H groups in total. The van der Waals surface area contributed by atoms with Crippen molar-refractivity contribution in [1.29, 1.82) is 0 Å². The van der Waals surface area contributed by atoms with Crippen LogP contribution in [0.2, 0.25) is 0 Å². The van der Waals surface area contributed by atoms with Crippen LogP contribution in [0.1, 0.15) is 51.0 Å². The van der Waals surface area contributed by atoms with Crippen molar-refractivity contribution in [3.63, 3.8) is 0 Å². The Kier molecular flexibility index (Phi) is 6.03. The van der Waals surface area contributed by atoms with Gasteiger partial charge in [-0.25, -0.2) is 4.39 Å². The van der Waals surface area contributed by atoms with E-state index < -0.39 is 0 Å². The quantitative estimate of drug-likeness (QED) is 0.789. The molecule has 1 aliphatic carbocycles. The van der Waals surface area contributed by atoms with E-state index in [1.54, 1.807) is 12.1 Å². The van der Waals surface area contributed by atoms with Crippen LogP contribution >= 0.6 is 15.9 Å². The lowest BCUT2D eigenvalue weighted by Gasteiger charge is -2.31. The number of benzene rings is 1. The van der Waals surface area contributed by atoms with Crippen molar-refractivity contribution in [1.82, 2.24) is 0 Å². The monoisotopic (exact) mass is 342 g/mol. The lowest BCUT2D eigenvalue weighted by molar-refractivity contribution is 0.0728. The van der Waals surface area contributed by atoms with Gasteiger partial charge in [-0.3, -0.25) is 0 Å². The molecule has 20 heavy (non-hydrogen) atoms. The fourth-order valence-electron chi connectivity index (χ4n) is 3.34. The fourth-order valence-corrected chi connectivity index (χ4v) is 3.77. The number of aliphatic hydroxyl groups is 1. The van der Waals surface area contributed by atoms with Crippen LogP contribution in [0.25, 0.3) is 0 Å². The molecule has 1 aromatic carbocycles. The van der Waals surface area contributed by atoms with E-state index in [0.717, 1.165) is 24.3 Å². The van der Waals surface area contributed by atoms with E-state index in [1.807, 2.05) is 0 Å². The smallest absolute Gasteiger partial charge is 0.137 e. The summed E-state index contributed by atoms with van der Waals surface area (Å²) in [6.45, 7) is 2.24. The number of hydrogen-bond acceptors (Lipinski definition) is 1. The summed E-state index contributed by atoms with van der Waals surface area (Å²) >= 11 is 3.20. The molecule has 0 radical (unpaired) electrons. The predicted molar refractivity (Wildman–Crippen MR) is 84.2 cm³/mol. The zero-order valence-corrected chi connectivity index (χ0v) is 13.7. The van der Waals surface area contributed by atoms with Gasteiger partial charge in [0.05, 0.1) is 10.6 Å². The highest BCUT2D eigenvalue weighted by Crippen LogP contribution is 2.34. The summed E-state index contributed by atoms with van der Waals surface area (Å²) in [5, 5.41) is 10.4. The molecule has 112 valence electrons. The molecule has 2 rings (SSSR count). The summed E-state index contributed by atoms with van der Waals surface area (Å²) in [5.41, 5.74) is 1.00. The molecule has 1 atom stereocenters. The summed E-state index contributed by atoms with van der Waals surface area (Å²) in [6.07, 6.45) is 7.69. The normalized spacial score (nSPS) is 24.6. The lowest BCUT2D eigenvalue weighted by atomic mass is 9.77. The topological polar surface area (TPSA) is 20.2 Å². The summed E-state index contributed by atoms with van der Waals surface area (Å²) < 4.78 is 13.7. The van der Waals surface area contributed by atoms with E-state index in [1.165, 1.54) is 31.7 Å². The largest absolute Gasteiger partial charge is 0.392 e. The first kappa shape index (κ1) is 16.0.